The van der Waals surface area contributed by atoms with Crippen LogP contribution in [0.1, 0.15) is 33.6 Å². The van der Waals surface area contributed by atoms with Crippen molar-refractivity contribution in [3.63, 3.8) is 0 Å². The van der Waals surface area contributed by atoms with Gasteiger partial charge in [0.05, 0.1) is 13.7 Å². The summed E-state index contributed by atoms with van der Waals surface area (Å²) in [7, 11) is 1.37. The number of methoxy groups -OCH3 is 1. The first kappa shape index (κ1) is 13.8. The summed E-state index contributed by atoms with van der Waals surface area (Å²) < 4.78 is 10.1. The van der Waals surface area contributed by atoms with Gasteiger partial charge in [-0.15, -0.1) is 0 Å². The molecule has 0 radical (unpaired) electrons. The average molecular weight is 242 g/mol. The fraction of sp³-hybridized carbons (Fsp3) is 0.833. The Morgan fingerprint density at radius 2 is 2.12 bits per heavy atom. The van der Waals surface area contributed by atoms with Gasteiger partial charge in [-0.1, -0.05) is 20.8 Å². The molecule has 0 aromatic rings. The average Bonchev–Trinajstić information content (AvgIpc) is 2.72. The minimum Gasteiger partial charge on any atom is -0.467 e. The van der Waals surface area contributed by atoms with Gasteiger partial charge in [-0.2, -0.15) is 0 Å². The molecule has 1 fully saturated rings. The van der Waals surface area contributed by atoms with Crippen LogP contribution in [0.5, 0.6) is 0 Å². The smallest absolute Gasteiger partial charge is 0.328 e. The Hall–Kier alpha value is -1.26. The number of carbonyl (C=O) groups is 1. The van der Waals surface area contributed by atoms with E-state index in [1.807, 2.05) is 20.8 Å². The number of ether oxygens (including phenoxy) is 2. The molecule has 5 heteroatoms. The van der Waals surface area contributed by atoms with E-state index in [0.29, 0.717) is 13.2 Å². The second-order valence-electron chi connectivity index (χ2n) is 5.53. The Balaban J connectivity index is 2.53. The quantitative estimate of drug-likeness (QED) is 0.454. The highest BCUT2D eigenvalue weighted by atomic mass is 16.5. The third-order valence-electron chi connectivity index (χ3n) is 2.63. The fourth-order valence-corrected chi connectivity index (χ4v) is 1.76. The predicted octanol–water partition coefficient (Wildman–Crippen LogP) is 1.62. The van der Waals surface area contributed by atoms with Crippen molar-refractivity contribution in [3.05, 3.63) is 0 Å². The summed E-state index contributed by atoms with van der Waals surface area (Å²) in [5.74, 6) is -0.286. The van der Waals surface area contributed by atoms with Crippen molar-refractivity contribution in [1.82, 2.24) is 4.90 Å². The molecule has 0 bridgehead atoms. The fourth-order valence-electron chi connectivity index (χ4n) is 1.76. The molecule has 0 aromatic heterocycles. The lowest BCUT2D eigenvalue weighted by molar-refractivity contribution is -0.144. The molecule has 1 saturated heterocycles. The number of nitrogens with one attached hydrogen (secondary N) is 1. The summed E-state index contributed by atoms with van der Waals surface area (Å²) in [5.41, 5.74) is 0.00673. The summed E-state index contributed by atoms with van der Waals surface area (Å²) in [5, 5.41) is 7.86. The van der Waals surface area contributed by atoms with E-state index in [0.717, 1.165) is 12.8 Å². The normalized spacial score (nSPS) is 20.2. The number of carbonyl (C=O) groups excluding carboxylic acids is 1. The number of esters is 1. The van der Waals surface area contributed by atoms with Gasteiger partial charge in [-0.25, -0.2) is 4.79 Å². The van der Waals surface area contributed by atoms with Crippen molar-refractivity contribution in [2.24, 2.45) is 5.41 Å². The number of rotatable bonds is 2. The van der Waals surface area contributed by atoms with Gasteiger partial charge in [0.25, 0.3) is 6.02 Å². The summed E-state index contributed by atoms with van der Waals surface area (Å²) in [4.78, 5) is 13.2. The van der Waals surface area contributed by atoms with E-state index in [4.69, 9.17) is 14.9 Å². The zero-order chi connectivity index (χ0) is 13.1. The van der Waals surface area contributed by atoms with Crippen LogP contribution in [0, 0.1) is 10.8 Å². The van der Waals surface area contributed by atoms with Gasteiger partial charge in [0, 0.05) is 6.54 Å². The summed E-state index contributed by atoms with van der Waals surface area (Å²) in [6, 6.07) is -0.278. The molecule has 1 aliphatic rings. The summed E-state index contributed by atoms with van der Waals surface area (Å²) in [6.07, 6.45) is 1.62. The van der Waals surface area contributed by atoms with Crippen LogP contribution < -0.4 is 0 Å². The second kappa shape index (κ2) is 5.38. The zero-order valence-electron chi connectivity index (χ0n) is 11.1. The molecule has 17 heavy (non-hydrogen) atoms. The van der Waals surface area contributed by atoms with E-state index in [1.54, 1.807) is 4.90 Å². The second-order valence-corrected chi connectivity index (χ2v) is 5.53. The Bertz CT molecular complexity index is 297. The van der Waals surface area contributed by atoms with Crippen molar-refractivity contribution in [2.45, 2.75) is 39.7 Å². The maximum absolute atomic E-state index is 11.5. The number of hydrogen-bond acceptors (Lipinski definition) is 4. The molecular weight excluding hydrogens is 220 g/mol. The maximum atomic E-state index is 11.5. The lowest BCUT2D eigenvalue weighted by Crippen LogP contribution is -2.42. The first-order chi connectivity index (χ1) is 7.85. The lowest BCUT2D eigenvalue weighted by atomic mass is 9.99. The highest BCUT2D eigenvalue weighted by Gasteiger charge is 2.34. The summed E-state index contributed by atoms with van der Waals surface area (Å²) >= 11 is 0. The molecule has 1 heterocycles. The molecule has 0 aromatic carbocycles. The Morgan fingerprint density at radius 1 is 1.47 bits per heavy atom. The predicted molar refractivity (Wildman–Crippen MR) is 64.9 cm³/mol. The van der Waals surface area contributed by atoms with E-state index in [9.17, 15) is 4.79 Å². The van der Waals surface area contributed by atoms with Crippen LogP contribution >= 0.6 is 0 Å². The van der Waals surface area contributed by atoms with Crippen molar-refractivity contribution < 1.29 is 14.3 Å². The van der Waals surface area contributed by atoms with Gasteiger partial charge in [-0.3, -0.25) is 5.41 Å². The molecule has 0 unspecified atom stereocenters. The van der Waals surface area contributed by atoms with Crippen molar-refractivity contribution in [1.29, 1.82) is 5.41 Å². The largest absolute Gasteiger partial charge is 0.467 e. The number of hydrogen-bond donors (Lipinski definition) is 1. The van der Waals surface area contributed by atoms with E-state index < -0.39 is 0 Å². The van der Waals surface area contributed by atoms with Gasteiger partial charge in [0.15, 0.2) is 0 Å². The van der Waals surface area contributed by atoms with Crippen LogP contribution in [0.25, 0.3) is 0 Å². The monoisotopic (exact) mass is 242 g/mol. The van der Waals surface area contributed by atoms with E-state index in [2.05, 4.69) is 0 Å². The minimum atomic E-state index is -0.354. The molecule has 0 amide bonds. The minimum absolute atomic E-state index is 0.00673. The molecule has 0 saturated carbocycles. The van der Waals surface area contributed by atoms with Gasteiger partial charge >= 0.3 is 5.97 Å². The Morgan fingerprint density at radius 3 is 2.65 bits per heavy atom. The standard InChI is InChI=1S/C12H22N2O3/c1-12(2,3)8-17-11(13)14-7-5-6-9(14)10(15)16-4/h9,13H,5-8H2,1-4H3/t9-/m1/s1. The van der Waals surface area contributed by atoms with Crippen LogP contribution in [0.4, 0.5) is 0 Å². The molecule has 0 spiro atoms. The topological polar surface area (TPSA) is 62.6 Å². The number of likely N-dealkylation sites (tertiary alicyclic amines) is 1. The van der Waals surface area contributed by atoms with Crippen LogP contribution in [0.3, 0.4) is 0 Å². The molecular formula is C12H22N2O3. The molecule has 1 rings (SSSR count). The third-order valence-corrected chi connectivity index (χ3v) is 2.63. The molecule has 1 N–H and O–H groups in total. The van der Waals surface area contributed by atoms with Crippen LogP contribution in [0.15, 0.2) is 0 Å². The first-order valence-corrected chi connectivity index (χ1v) is 5.91. The van der Waals surface area contributed by atoms with E-state index >= 15 is 0 Å². The highest BCUT2D eigenvalue weighted by molar-refractivity contribution is 5.82. The maximum Gasteiger partial charge on any atom is 0.328 e. The molecule has 1 atom stereocenters. The van der Waals surface area contributed by atoms with Gasteiger partial charge < -0.3 is 14.4 Å². The third kappa shape index (κ3) is 3.91. The SMILES string of the molecule is COC(=O)[C@H]1CCCN1C(=N)OCC(C)(C)C. The zero-order valence-corrected chi connectivity index (χ0v) is 11.1. The van der Waals surface area contributed by atoms with Gasteiger partial charge in [-0.05, 0) is 18.3 Å². The summed E-state index contributed by atoms with van der Waals surface area (Å²) in [6.45, 7) is 7.28. The number of nitrogens with zero attached hydrogens (tertiary/aromatic N) is 1. The Labute approximate surface area is 103 Å². The lowest BCUT2D eigenvalue weighted by Gasteiger charge is -2.27. The van der Waals surface area contributed by atoms with E-state index in [-0.39, 0.29) is 23.4 Å². The Kier molecular flexibility index (Phi) is 4.37. The molecule has 98 valence electrons. The van der Waals surface area contributed by atoms with Crippen molar-refractivity contribution in [2.75, 3.05) is 20.3 Å². The first-order valence-electron chi connectivity index (χ1n) is 5.91. The van der Waals surface area contributed by atoms with Gasteiger partial charge in [0.1, 0.15) is 6.04 Å². The highest BCUT2D eigenvalue weighted by Crippen LogP contribution is 2.20. The van der Waals surface area contributed by atoms with E-state index in [1.165, 1.54) is 7.11 Å². The molecule has 0 aliphatic carbocycles. The van der Waals surface area contributed by atoms with Crippen LogP contribution in [-0.4, -0.2) is 43.2 Å². The number of amidine groups is 1. The van der Waals surface area contributed by atoms with Crippen molar-refractivity contribution in [3.8, 4) is 0 Å². The molecule has 1 aliphatic heterocycles. The van der Waals surface area contributed by atoms with Crippen LogP contribution in [0.2, 0.25) is 0 Å². The van der Waals surface area contributed by atoms with Gasteiger partial charge in [0.2, 0.25) is 0 Å². The molecule has 5 nitrogen and oxygen atoms in total. The van der Waals surface area contributed by atoms with Crippen molar-refractivity contribution >= 4 is 12.0 Å². The van der Waals surface area contributed by atoms with Crippen LogP contribution in [-0.2, 0) is 14.3 Å².